The fourth-order valence-corrected chi connectivity index (χ4v) is 2.55. The van der Waals surface area contributed by atoms with Gasteiger partial charge >= 0.3 is 12.1 Å². The first-order chi connectivity index (χ1) is 9.79. The molecule has 0 saturated carbocycles. The van der Waals surface area contributed by atoms with E-state index >= 15 is 0 Å². The molecular weight excluding hydrogens is 285 g/mol. The molecule has 2 rings (SSSR count). The van der Waals surface area contributed by atoms with Crippen LogP contribution in [0.25, 0.3) is 0 Å². The van der Waals surface area contributed by atoms with Crippen molar-refractivity contribution in [2.45, 2.75) is 25.1 Å². The number of halogens is 3. The smallest absolute Gasteiger partial charge is 0.417 e. The number of aromatic carboxylic acids is 1. The number of hydrogen-bond donors (Lipinski definition) is 2. The van der Waals surface area contributed by atoms with E-state index in [0.717, 1.165) is 31.5 Å². The van der Waals surface area contributed by atoms with Gasteiger partial charge < -0.3 is 15.3 Å². The van der Waals surface area contributed by atoms with Gasteiger partial charge in [-0.2, -0.15) is 13.2 Å². The second-order valence-corrected chi connectivity index (χ2v) is 5.22. The van der Waals surface area contributed by atoms with E-state index in [1.54, 1.807) is 0 Å². The normalized spacial score (nSPS) is 19.7. The van der Waals surface area contributed by atoms with Crippen molar-refractivity contribution < 1.29 is 23.1 Å². The summed E-state index contributed by atoms with van der Waals surface area (Å²) in [5.41, 5.74) is -1.57. The molecule has 7 heteroatoms. The van der Waals surface area contributed by atoms with Gasteiger partial charge in [0.05, 0.1) is 11.1 Å². The molecule has 21 heavy (non-hydrogen) atoms. The topological polar surface area (TPSA) is 52.6 Å². The van der Waals surface area contributed by atoms with Gasteiger partial charge in [-0.05, 0) is 44.6 Å². The third-order valence-electron chi connectivity index (χ3n) is 3.77. The molecule has 0 radical (unpaired) electrons. The lowest BCUT2D eigenvalue weighted by molar-refractivity contribution is -0.138. The Bertz CT molecular complexity index is 531. The van der Waals surface area contributed by atoms with Crippen LogP contribution in [0.4, 0.5) is 18.9 Å². The summed E-state index contributed by atoms with van der Waals surface area (Å²) in [7, 11) is 1.98. The quantitative estimate of drug-likeness (QED) is 0.898. The molecule has 0 amide bonds. The second kappa shape index (κ2) is 5.93. The van der Waals surface area contributed by atoms with Crippen molar-refractivity contribution in [3.8, 4) is 0 Å². The zero-order valence-corrected chi connectivity index (χ0v) is 11.6. The van der Waals surface area contributed by atoms with Gasteiger partial charge in [0.25, 0.3) is 0 Å². The number of nitrogens with zero attached hydrogens (tertiary/aromatic N) is 1. The molecule has 1 aromatic rings. The maximum atomic E-state index is 12.9. The lowest BCUT2D eigenvalue weighted by Crippen LogP contribution is -2.31. The third-order valence-corrected chi connectivity index (χ3v) is 3.77. The van der Waals surface area contributed by atoms with Gasteiger partial charge in [0.1, 0.15) is 0 Å². The minimum atomic E-state index is -4.68. The van der Waals surface area contributed by atoms with E-state index < -0.39 is 23.3 Å². The van der Waals surface area contributed by atoms with Crippen molar-refractivity contribution in [3.05, 3.63) is 29.3 Å². The highest BCUT2D eigenvalue weighted by Crippen LogP contribution is 2.34. The summed E-state index contributed by atoms with van der Waals surface area (Å²) in [5.74, 6) is -1.58. The number of carboxylic acid groups (broad SMARTS) is 1. The number of carbonyl (C=O) groups is 1. The number of likely N-dealkylation sites (tertiary alicyclic amines) is 1. The standard InChI is InChI=1S/C14H17F3N2O2/c1-19-6-2-3-10(19)8-18-9-4-5-11(13(20)21)12(7-9)14(15,16)17/h4-5,7,10,18H,2-3,6,8H2,1H3,(H,20,21). The number of benzene rings is 1. The Labute approximate surface area is 120 Å². The molecule has 116 valence electrons. The van der Waals surface area contributed by atoms with Crippen molar-refractivity contribution in [3.63, 3.8) is 0 Å². The molecule has 1 aliphatic rings. The molecule has 1 aromatic carbocycles. The van der Waals surface area contributed by atoms with Crippen molar-refractivity contribution >= 4 is 11.7 Å². The Balaban J connectivity index is 2.16. The minimum absolute atomic E-state index is 0.285. The Hall–Kier alpha value is -1.76. The Kier molecular flexibility index (Phi) is 4.41. The lowest BCUT2D eigenvalue weighted by Gasteiger charge is -2.21. The molecule has 1 saturated heterocycles. The molecule has 4 nitrogen and oxygen atoms in total. The van der Waals surface area contributed by atoms with Gasteiger partial charge in [-0.15, -0.1) is 0 Å². The second-order valence-electron chi connectivity index (χ2n) is 5.22. The van der Waals surface area contributed by atoms with Gasteiger partial charge in [-0.1, -0.05) is 0 Å². The van der Waals surface area contributed by atoms with Gasteiger partial charge in [0.2, 0.25) is 0 Å². The number of likely N-dealkylation sites (N-methyl/N-ethyl adjacent to an activating group) is 1. The zero-order chi connectivity index (χ0) is 15.6. The Morgan fingerprint density at radius 1 is 1.48 bits per heavy atom. The Morgan fingerprint density at radius 3 is 2.71 bits per heavy atom. The summed E-state index contributed by atoms with van der Waals surface area (Å²) in [5, 5.41) is 11.8. The molecule has 0 aliphatic carbocycles. The van der Waals surface area contributed by atoms with Gasteiger partial charge in [0.15, 0.2) is 0 Å². The summed E-state index contributed by atoms with van der Waals surface area (Å²) < 4.78 is 38.7. The summed E-state index contributed by atoms with van der Waals surface area (Å²) in [6.45, 7) is 1.53. The molecule has 0 spiro atoms. The van der Waals surface area contributed by atoms with E-state index in [0.29, 0.717) is 12.6 Å². The number of anilines is 1. The van der Waals surface area contributed by atoms with Gasteiger partial charge in [0, 0.05) is 18.3 Å². The minimum Gasteiger partial charge on any atom is -0.478 e. The van der Waals surface area contributed by atoms with Crippen LogP contribution in [0.1, 0.15) is 28.8 Å². The van der Waals surface area contributed by atoms with E-state index in [1.807, 2.05) is 7.05 Å². The largest absolute Gasteiger partial charge is 0.478 e. The number of nitrogens with one attached hydrogen (secondary N) is 1. The number of carboxylic acids is 1. The summed E-state index contributed by atoms with van der Waals surface area (Å²) in [6, 6.07) is 3.51. The van der Waals surface area contributed by atoms with Crippen LogP contribution in [0.5, 0.6) is 0 Å². The highest BCUT2D eigenvalue weighted by atomic mass is 19.4. The van der Waals surface area contributed by atoms with Crippen LogP contribution in [-0.4, -0.2) is 42.2 Å². The van der Waals surface area contributed by atoms with E-state index in [2.05, 4.69) is 10.2 Å². The maximum Gasteiger partial charge on any atom is 0.417 e. The SMILES string of the molecule is CN1CCCC1CNc1ccc(C(=O)O)c(C(F)(F)F)c1. The van der Waals surface area contributed by atoms with Crippen LogP contribution < -0.4 is 5.32 Å². The fraction of sp³-hybridized carbons (Fsp3) is 0.500. The number of rotatable bonds is 4. The molecule has 1 unspecified atom stereocenters. The summed E-state index contributed by atoms with van der Waals surface area (Å²) in [6.07, 6.45) is -2.60. The zero-order valence-electron chi connectivity index (χ0n) is 11.6. The van der Waals surface area contributed by atoms with Crippen molar-refractivity contribution in [2.75, 3.05) is 25.5 Å². The lowest BCUT2D eigenvalue weighted by atomic mass is 10.1. The summed E-state index contributed by atoms with van der Waals surface area (Å²) >= 11 is 0. The number of alkyl halides is 3. The van der Waals surface area contributed by atoms with Crippen LogP contribution in [0.15, 0.2) is 18.2 Å². The molecule has 1 heterocycles. The van der Waals surface area contributed by atoms with Crippen LogP contribution in [0, 0.1) is 0 Å². The van der Waals surface area contributed by atoms with Gasteiger partial charge in [-0.25, -0.2) is 4.79 Å². The molecule has 1 aliphatic heterocycles. The van der Waals surface area contributed by atoms with Crippen LogP contribution >= 0.6 is 0 Å². The number of hydrogen-bond acceptors (Lipinski definition) is 3. The predicted octanol–water partition coefficient (Wildman–Crippen LogP) is 2.91. The predicted molar refractivity (Wildman–Crippen MR) is 72.5 cm³/mol. The third kappa shape index (κ3) is 3.66. The van der Waals surface area contributed by atoms with E-state index in [-0.39, 0.29) is 5.69 Å². The van der Waals surface area contributed by atoms with E-state index in [9.17, 15) is 18.0 Å². The van der Waals surface area contributed by atoms with Crippen molar-refractivity contribution in [1.29, 1.82) is 0 Å². The van der Waals surface area contributed by atoms with Crippen LogP contribution in [-0.2, 0) is 6.18 Å². The first kappa shape index (κ1) is 15.6. The Morgan fingerprint density at radius 2 is 2.19 bits per heavy atom. The summed E-state index contributed by atoms with van der Waals surface area (Å²) in [4.78, 5) is 13.0. The highest BCUT2D eigenvalue weighted by Gasteiger charge is 2.35. The van der Waals surface area contributed by atoms with Crippen molar-refractivity contribution in [1.82, 2.24) is 4.90 Å². The average Bonchev–Trinajstić information content (AvgIpc) is 2.80. The monoisotopic (exact) mass is 302 g/mol. The molecule has 0 bridgehead atoms. The molecular formula is C14H17F3N2O2. The fourth-order valence-electron chi connectivity index (χ4n) is 2.55. The molecule has 0 aromatic heterocycles. The van der Waals surface area contributed by atoms with Crippen LogP contribution in [0.3, 0.4) is 0 Å². The van der Waals surface area contributed by atoms with E-state index in [1.165, 1.54) is 6.07 Å². The molecule has 1 atom stereocenters. The van der Waals surface area contributed by atoms with Gasteiger partial charge in [-0.3, -0.25) is 0 Å². The first-order valence-electron chi connectivity index (χ1n) is 6.67. The molecule has 2 N–H and O–H groups in total. The highest BCUT2D eigenvalue weighted by molar-refractivity contribution is 5.90. The van der Waals surface area contributed by atoms with Crippen LogP contribution in [0.2, 0.25) is 0 Å². The average molecular weight is 302 g/mol. The molecule has 1 fully saturated rings. The first-order valence-corrected chi connectivity index (χ1v) is 6.67. The van der Waals surface area contributed by atoms with E-state index in [4.69, 9.17) is 5.11 Å². The van der Waals surface area contributed by atoms with Crippen molar-refractivity contribution in [2.24, 2.45) is 0 Å². The maximum absolute atomic E-state index is 12.9.